The first-order valence-electron chi connectivity index (χ1n) is 7.20. The van der Waals surface area contributed by atoms with Gasteiger partial charge in [-0.25, -0.2) is 0 Å². The summed E-state index contributed by atoms with van der Waals surface area (Å²) < 4.78 is 0. The molecule has 0 aliphatic carbocycles. The van der Waals surface area contributed by atoms with E-state index in [-0.39, 0.29) is 5.91 Å². The minimum Gasteiger partial charge on any atom is -0.339 e. The van der Waals surface area contributed by atoms with E-state index in [2.05, 4.69) is 25.8 Å². The topological polar surface area (TPSA) is 33.2 Å². The van der Waals surface area contributed by atoms with Crippen molar-refractivity contribution in [1.82, 2.24) is 9.88 Å². The molecular weight excluding hydrogens is 272 g/mol. The maximum atomic E-state index is 12.5. The molecule has 1 aliphatic rings. The minimum atomic E-state index is 0.00913. The van der Waals surface area contributed by atoms with Gasteiger partial charge in [0.1, 0.15) is 0 Å². The second kappa shape index (κ2) is 5.72. The van der Waals surface area contributed by atoms with Crippen LogP contribution < -0.4 is 0 Å². The van der Waals surface area contributed by atoms with Crippen LogP contribution in [0.2, 0.25) is 5.02 Å². The van der Waals surface area contributed by atoms with E-state index in [1.807, 2.05) is 11.8 Å². The van der Waals surface area contributed by atoms with Crippen LogP contribution in [-0.2, 0) is 0 Å². The van der Waals surface area contributed by atoms with Gasteiger partial charge in [-0.1, -0.05) is 32.4 Å². The zero-order chi connectivity index (χ0) is 14.9. The standard InChI is InChI=1S/C16H23ClN2O/c1-11-9-14(17)13(10-18-11)15(20)19-7-5-12(6-8-19)16(2,3)4/h9-10,12H,5-8H2,1-4H3. The molecule has 0 N–H and O–H groups in total. The third kappa shape index (κ3) is 3.32. The fourth-order valence-electron chi connectivity index (χ4n) is 2.80. The molecule has 20 heavy (non-hydrogen) atoms. The number of hydrogen-bond acceptors (Lipinski definition) is 2. The quantitative estimate of drug-likeness (QED) is 0.786. The molecular formula is C16H23ClN2O. The summed E-state index contributed by atoms with van der Waals surface area (Å²) >= 11 is 6.16. The predicted molar refractivity (Wildman–Crippen MR) is 82.1 cm³/mol. The molecule has 0 spiro atoms. The molecule has 0 aromatic carbocycles. The third-order valence-corrected chi connectivity index (χ3v) is 4.54. The van der Waals surface area contributed by atoms with Crippen LogP contribution in [0.1, 0.15) is 49.7 Å². The molecule has 0 radical (unpaired) electrons. The number of amides is 1. The van der Waals surface area contributed by atoms with E-state index in [1.54, 1.807) is 12.3 Å². The van der Waals surface area contributed by atoms with E-state index < -0.39 is 0 Å². The molecule has 3 nitrogen and oxygen atoms in total. The molecule has 110 valence electrons. The predicted octanol–water partition coefficient (Wildman–Crippen LogP) is 3.94. The van der Waals surface area contributed by atoms with Gasteiger partial charge in [0.15, 0.2) is 0 Å². The average molecular weight is 295 g/mol. The van der Waals surface area contributed by atoms with Crippen molar-refractivity contribution in [1.29, 1.82) is 0 Å². The number of rotatable bonds is 1. The zero-order valence-corrected chi connectivity index (χ0v) is 13.5. The first kappa shape index (κ1) is 15.3. The zero-order valence-electron chi connectivity index (χ0n) is 12.7. The molecule has 2 rings (SSSR count). The summed E-state index contributed by atoms with van der Waals surface area (Å²) in [5, 5.41) is 0.500. The summed E-state index contributed by atoms with van der Waals surface area (Å²) in [5.41, 5.74) is 1.67. The van der Waals surface area contributed by atoms with Gasteiger partial charge in [0.25, 0.3) is 5.91 Å². The number of likely N-dealkylation sites (tertiary alicyclic amines) is 1. The fourth-order valence-corrected chi connectivity index (χ4v) is 3.09. The lowest BCUT2D eigenvalue weighted by molar-refractivity contribution is 0.0608. The fraction of sp³-hybridized carbons (Fsp3) is 0.625. The third-order valence-electron chi connectivity index (χ3n) is 4.23. The van der Waals surface area contributed by atoms with Crippen LogP contribution in [-0.4, -0.2) is 28.9 Å². The van der Waals surface area contributed by atoms with Crippen LogP contribution in [0.25, 0.3) is 0 Å². The molecule has 1 fully saturated rings. The molecule has 0 saturated carbocycles. The number of hydrogen-bond donors (Lipinski definition) is 0. The van der Waals surface area contributed by atoms with E-state index in [9.17, 15) is 4.79 Å². The summed E-state index contributed by atoms with van der Waals surface area (Å²) in [6.45, 7) is 10.3. The van der Waals surface area contributed by atoms with Crippen LogP contribution in [0.5, 0.6) is 0 Å². The highest BCUT2D eigenvalue weighted by molar-refractivity contribution is 6.33. The summed E-state index contributed by atoms with van der Waals surface area (Å²) in [6.07, 6.45) is 3.72. The molecule has 0 atom stereocenters. The van der Waals surface area contributed by atoms with Crippen LogP contribution in [0.3, 0.4) is 0 Å². The Balaban J connectivity index is 2.05. The van der Waals surface area contributed by atoms with Crippen LogP contribution >= 0.6 is 11.6 Å². The van der Waals surface area contributed by atoms with Crippen molar-refractivity contribution in [2.24, 2.45) is 11.3 Å². The second-order valence-corrected chi connectivity index (χ2v) is 7.15. The number of pyridine rings is 1. The normalized spacial score (nSPS) is 17.4. The van der Waals surface area contributed by atoms with E-state index in [1.165, 1.54) is 0 Å². The van der Waals surface area contributed by atoms with Crippen molar-refractivity contribution >= 4 is 17.5 Å². The molecule has 1 aromatic heterocycles. The molecule has 1 aromatic rings. The van der Waals surface area contributed by atoms with Crippen molar-refractivity contribution in [3.8, 4) is 0 Å². The van der Waals surface area contributed by atoms with E-state index in [0.717, 1.165) is 31.6 Å². The Labute approximate surface area is 126 Å². The van der Waals surface area contributed by atoms with Gasteiger partial charge >= 0.3 is 0 Å². The maximum Gasteiger partial charge on any atom is 0.256 e. The molecule has 4 heteroatoms. The van der Waals surface area contributed by atoms with Crippen LogP contribution in [0.15, 0.2) is 12.3 Å². The van der Waals surface area contributed by atoms with Crippen LogP contribution in [0.4, 0.5) is 0 Å². The van der Waals surface area contributed by atoms with Gasteiger partial charge in [0.05, 0.1) is 10.6 Å². The molecule has 1 aliphatic heterocycles. The van der Waals surface area contributed by atoms with E-state index in [0.29, 0.717) is 21.9 Å². The maximum absolute atomic E-state index is 12.5. The van der Waals surface area contributed by atoms with Gasteiger partial charge in [0.2, 0.25) is 0 Å². The van der Waals surface area contributed by atoms with E-state index >= 15 is 0 Å². The Morgan fingerprint density at radius 3 is 2.45 bits per heavy atom. The van der Waals surface area contributed by atoms with Crippen LogP contribution in [0, 0.1) is 18.3 Å². The van der Waals surface area contributed by atoms with Gasteiger partial charge in [-0.15, -0.1) is 0 Å². The summed E-state index contributed by atoms with van der Waals surface area (Å²) in [7, 11) is 0. The molecule has 0 unspecified atom stereocenters. The largest absolute Gasteiger partial charge is 0.339 e. The first-order valence-corrected chi connectivity index (χ1v) is 7.58. The SMILES string of the molecule is Cc1cc(Cl)c(C(=O)N2CCC(C(C)(C)C)CC2)cn1. The number of carbonyl (C=O) groups excluding carboxylic acids is 1. The van der Waals surface area contributed by atoms with Crippen molar-refractivity contribution < 1.29 is 4.79 Å². The highest BCUT2D eigenvalue weighted by atomic mass is 35.5. The Hall–Kier alpha value is -1.09. The average Bonchev–Trinajstić information content (AvgIpc) is 2.37. The van der Waals surface area contributed by atoms with Gasteiger partial charge in [-0.05, 0) is 37.2 Å². The summed E-state index contributed by atoms with van der Waals surface area (Å²) in [5.74, 6) is 0.688. The monoisotopic (exact) mass is 294 g/mol. The highest BCUT2D eigenvalue weighted by Gasteiger charge is 2.31. The number of aromatic nitrogens is 1. The lowest BCUT2D eigenvalue weighted by Crippen LogP contribution is -2.41. The number of halogens is 1. The molecule has 1 saturated heterocycles. The first-order chi connectivity index (χ1) is 9.29. The van der Waals surface area contributed by atoms with Crippen molar-refractivity contribution in [3.63, 3.8) is 0 Å². The second-order valence-electron chi connectivity index (χ2n) is 6.74. The van der Waals surface area contributed by atoms with E-state index in [4.69, 9.17) is 11.6 Å². The van der Waals surface area contributed by atoms with Crippen molar-refractivity contribution in [2.75, 3.05) is 13.1 Å². The lowest BCUT2D eigenvalue weighted by atomic mass is 9.75. The van der Waals surface area contributed by atoms with Gasteiger partial charge in [0, 0.05) is 25.0 Å². The number of aryl methyl sites for hydroxylation is 1. The van der Waals surface area contributed by atoms with Gasteiger partial charge in [-0.3, -0.25) is 9.78 Å². The molecule has 2 heterocycles. The minimum absolute atomic E-state index is 0.00913. The molecule has 0 bridgehead atoms. The lowest BCUT2D eigenvalue weighted by Gasteiger charge is -2.38. The Morgan fingerprint density at radius 1 is 1.35 bits per heavy atom. The summed E-state index contributed by atoms with van der Waals surface area (Å²) in [6, 6.07) is 1.75. The smallest absolute Gasteiger partial charge is 0.256 e. The number of carbonyl (C=O) groups is 1. The van der Waals surface area contributed by atoms with Crippen molar-refractivity contribution in [2.45, 2.75) is 40.5 Å². The summed E-state index contributed by atoms with van der Waals surface area (Å²) in [4.78, 5) is 18.6. The van der Waals surface area contributed by atoms with Gasteiger partial charge in [-0.2, -0.15) is 0 Å². The Kier molecular flexibility index (Phi) is 4.38. The Morgan fingerprint density at radius 2 is 1.95 bits per heavy atom. The highest BCUT2D eigenvalue weighted by Crippen LogP contribution is 2.34. The number of piperidine rings is 1. The van der Waals surface area contributed by atoms with Gasteiger partial charge < -0.3 is 4.90 Å². The molecule has 1 amide bonds. The Bertz CT molecular complexity index is 500. The van der Waals surface area contributed by atoms with Crippen molar-refractivity contribution in [3.05, 3.63) is 28.5 Å². The number of nitrogens with zero attached hydrogens (tertiary/aromatic N) is 2.